The molecule has 0 unspecified atom stereocenters. The third-order valence-corrected chi connectivity index (χ3v) is 3.63. The number of carbonyl (C=O) groups excluding carboxylic acids is 1. The predicted octanol–water partition coefficient (Wildman–Crippen LogP) is 3.61. The molecule has 0 aromatic carbocycles. The standard InChI is InChI=1S/C17H18N4O2/c1-9(2)13-7-12(15-11(4)21-23-17(15)19-13)16(22)20-14-6-5-10(3)8-18-14/h5-9H,1-4H3,(H,18,20,22). The van der Waals surface area contributed by atoms with Crippen LogP contribution in [0, 0.1) is 13.8 Å². The molecule has 118 valence electrons. The quantitative estimate of drug-likeness (QED) is 0.799. The van der Waals surface area contributed by atoms with Crippen LogP contribution < -0.4 is 5.32 Å². The molecule has 1 amide bonds. The maximum Gasteiger partial charge on any atom is 0.259 e. The van der Waals surface area contributed by atoms with E-state index in [2.05, 4.69) is 20.4 Å². The summed E-state index contributed by atoms with van der Waals surface area (Å²) in [5, 5.41) is 7.38. The molecule has 0 spiro atoms. The van der Waals surface area contributed by atoms with E-state index in [9.17, 15) is 4.79 Å². The van der Waals surface area contributed by atoms with Crippen molar-refractivity contribution in [3.05, 3.63) is 46.9 Å². The van der Waals surface area contributed by atoms with Gasteiger partial charge >= 0.3 is 0 Å². The summed E-state index contributed by atoms with van der Waals surface area (Å²) < 4.78 is 5.24. The van der Waals surface area contributed by atoms with Crippen molar-refractivity contribution in [3.63, 3.8) is 0 Å². The van der Waals surface area contributed by atoms with Crippen LogP contribution in [0.25, 0.3) is 11.1 Å². The molecule has 23 heavy (non-hydrogen) atoms. The summed E-state index contributed by atoms with van der Waals surface area (Å²) in [4.78, 5) is 21.3. The normalized spacial score (nSPS) is 11.2. The van der Waals surface area contributed by atoms with Crippen LogP contribution in [0.2, 0.25) is 0 Å². The molecule has 3 aromatic rings. The molecule has 0 fully saturated rings. The fourth-order valence-electron chi connectivity index (χ4n) is 2.31. The number of fused-ring (bicyclic) bond motifs is 1. The van der Waals surface area contributed by atoms with Gasteiger partial charge in [0.2, 0.25) is 0 Å². The Hall–Kier alpha value is -2.76. The molecule has 0 bridgehead atoms. The number of rotatable bonds is 3. The summed E-state index contributed by atoms with van der Waals surface area (Å²) in [7, 11) is 0. The fraction of sp³-hybridized carbons (Fsp3) is 0.294. The van der Waals surface area contributed by atoms with Crippen LogP contribution in [0.15, 0.2) is 28.9 Å². The first-order valence-electron chi connectivity index (χ1n) is 7.46. The lowest BCUT2D eigenvalue weighted by Crippen LogP contribution is -2.14. The van der Waals surface area contributed by atoms with Crippen LogP contribution in [0.5, 0.6) is 0 Å². The Balaban J connectivity index is 2.04. The molecule has 0 aliphatic carbocycles. The van der Waals surface area contributed by atoms with E-state index in [4.69, 9.17) is 4.52 Å². The molecule has 0 saturated heterocycles. The summed E-state index contributed by atoms with van der Waals surface area (Å²) >= 11 is 0. The van der Waals surface area contributed by atoms with E-state index < -0.39 is 0 Å². The summed E-state index contributed by atoms with van der Waals surface area (Å²) in [5.74, 6) is 0.432. The molecule has 0 aliphatic rings. The largest absolute Gasteiger partial charge is 0.336 e. The Kier molecular flexibility index (Phi) is 3.82. The summed E-state index contributed by atoms with van der Waals surface area (Å²) in [5.41, 5.74) is 3.35. The molecular formula is C17H18N4O2. The number of carbonyl (C=O) groups is 1. The van der Waals surface area contributed by atoms with E-state index >= 15 is 0 Å². The van der Waals surface area contributed by atoms with E-state index in [-0.39, 0.29) is 11.8 Å². The van der Waals surface area contributed by atoms with Crippen molar-refractivity contribution in [2.75, 3.05) is 5.32 Å². The Bertz CT molecular complexity index is 866. The van der Waals surface area contributed by atoms with Crippen LogP contribution in [-0.4, -0.2) is 21.0 Å². The maximum atomic E-state index is 12.7. The van der Waals surface area contributed by atoms with E-state index in [1.54, 1.807) is 25.3 Å². The topological polar surface area (TPSA) is 80.9 Å². The molecule has 3 aromatic heterocycles. The van der Waals surface area contributed by atoms with Gasteiger partial charge in [0.25, 0.3) is 11.6 Å². The minimum Gasteiger partial charge on any atom is -0.336 e. The monoisotopic (exact) mass is 310 g/mol. The van der Waals surface area contributed by atoms with Gasteiger partial charge in [0, 0.05) is 11.9 Å². The number of anilines is 1. The zero-order valence-electron chi connectivity index (χ0n) is 13.5. The number of hydrogen-bond acceptors (Lipinski definition) is 5. The van der Waals surface area contributed by atoms with Gasteiger partial charge in [0.1, 0.15) is 5.82 Å². The van der Waals surface area contributed by atoms with Gasteiger partial charge in [-0.25, -0.2) is 9.97 Å². The van der Waals surface area contributed by atoms with Gasteiger partial charge in [-0.1, -0.05) is 25.1 Å². The zero-order chi connectivity index (χ0) is 16.6. The number of hydrogen-bond donors (Lipinski definition) is 1. The van der Waals surface area contributed by atoms with E-state index in [1.165, 1.54) is 0 Å². The third kappa shape index (κ3) is 2.92. The number of aryl methyl sites for hydroxylation is 2. The van der Waals surface area contributed by atoms with Crippen molar-refractivity contribution < 1.29 is 9.32 Å². The molecule has 0 saturated carbocycles. The van der Waals surface area contributed by atoms with Crippen LogP contribution >= 0.6 is 0 Å². The first-order valence-corrected chi connectivity index (χ1v) is 7.46. The highest BCUT2D eigenvalue weighted by molar-refractivity contribution is 6.12. The summed E-state index contributed by atoms with van der Waals surface area (Å²) in [6.07, 6.45) is 1.71. The minimum absolute atomic E-state index is 0.175. The van der Waals surface area contributed by atoms with Gasteiger partial charge in [0.05, 0.1) is 16.6 Å². The number of aromatic nitrogens is 3. The van der Waals surface area contributed by atoms with Gasteiger partial charge < -0.3 is 9.84 Å². The van der Waals surface area contributed by atoms with Gasteiger partial charge in [-0.15, -0.1) is 0 Å². The molecule has 6 nitrogen and oxygen atoms in total. The first kappa shape index (κ1) is 15.1. The second-order valence-electron chi connectivity index (χ2n) is 5.87. The number of pyridine rings is 2. The van der Waals surface area contributed by atoms with Crippen LogP contribution in [-0.2, 0) is 0 Å². The van der Waals surface area contributed by atoms with E-state index in [1.807, 2.05) is 26.8 Å². The SMILES string of the molecule is Cc1ccc(NC(=O)c2cc(C(C)C)nc3onc(C)c23)nc1. The molecule has 3 heterocycles. The van der Waals surface area contributed by atoms with E-state index in [0.29, 0.717) is 28.2 Å². The molecule has 1 N–H and O–H groups in total. The highest BCUT2D eigenvalue weighted by atomic mass is 16.5. The molecule has 6 heteroatoms. The van der Waals surface area contributed by atoms with Gasteiger partial charge in [-0.05, 0) is 37.5 Å². The van der Waals surface area contributed by atoms with Crippen molar-refractivity contribution in [3.8, 4) is 0 Å². The van der Waals surface area contributed by atoms with Crippen molar-refractivity contribution in [2.24, 2.45) is 0 Å². The molecule has 0 aliphatic heterocycles. The summed E-state index contributed by atoms with van der Waals surface area (Å²) in [6.45, 7) is 7.77. The van der Waals surface area contributed by atoms with Crippen molar-refractivity contribution in [1.29, 1.82) is 0 Å². The lowest BCUT2D eigenvalue weighted by Gasteiger charge is -2.09. The van der Waals surface area contributed by atoms with Crippen LogP contribution in [0.4, 0.5) is 5.82 Å². The Labute approximate surface area is 133 Å². The maximum absolute atomic E-state index is 12.7. The zero-order valence-corrected chi connectivity index (χ0v) is 13.5. The lowest BCUT2D eigenvalue weighted by atomic mass is 10.0. The number of nitrogens with zero attached hydrogens (tertiary/aromatic N) is 3. The van der Waals surface area contributed by atoms with Crippen molar-refractivity contribution in [1.82, 2.24) is 15.1 Å². The molecule has 0 radical (unpaired) electrons. The number of nitrogens with one attached hydrogen (secondary N) is 1. The van der Waals surface area contributed by atoms with Crippen LogP contribution in [0.1, 0.15) is 47.1 Å². The van der Waals surface area contributed by atoms with Gasteiger partial charge in [-0.3, -0.25) is 4.79 Å². The van der Waals surface area contributed by atoms with Crippen LogP contribution in [0.3, 0.4) is 0 Å². The average molecular weight is 310 g/mol. The van der Waals surface area contributed by atoms with Gasteiger partial charge in [-0.2, -0.15) is 0 Å². The lowest BCUT2D eigenvalue weighted by molar-refractivity contribution is 0.102. The highest BCUT2D eigenvalue weighted by Crippen LogP contribution is 2.25. The smallest absolute Gasteiger partial charge is 0.259 e. The van der Waals surface area contributed by atoms with Gasteiger partial charge in [0.15, 0.2) is 0 Å². The Morgan fingerprint density at radius 3 is 2.70 bits per heavy atom. The second kappa shape index (κ2) is 5.79. The average Bonchev–Trinajstić information content (AvgIpc) is 2.90. The van der Waals surface area contributed by atoms with Crippen molar-refractivity contribution >= 4 is 22.8 Å². The fourth-order valence-corrected chi connectivity index (χ4v) is 2.31. The highest BCUT2D eigenvalue weighted by Gasteiger charge is 2.20. The molecule has 3 rings (SSSR count). The minimum atomic E-state index is -0.248. The predicted molar refractivity (Wildman–Crippen MR) is 87.6 cm³/mol. The third-order valence-electron chi connectivity index (χ3n) is 3.63. The Morgan fingerprint density at radius 1 is 1.26 bits per heavy atom. The first-order chi connectivity index (χ1) is 11.0. The van der Waals surface area contributed by atoms with E-state index in [0.717, 1.165) is 11.3 Å². The second-order valence-corrected chi connectivity index (χ2v) is 5.87. The Morgan fingerprint density at radius 2 is 2.04 bits per heavy atom. The number of amides is 1. The molecule has 0 atom stereocenters. The van der Waals surface area contributed by atoms with Crippen molar-refractivity contribution in [2.45, 2.75) is 33.6 Å². The summed E-state index contributed by atoms with van der Waals surface area (Å²) in [6, 6.07) is 5.46. The molecular weight excluding hydrogens is 292 g/mol.